The summed E-state index contributed by atoms with van der Waals surface area (Å²) in [5.74, 6) is -0.156. The topological polar surface area (TPSA) is 98.5 Å². The standard InChI is InChI=1S/C13H18N2O4S3/c1-3-4-19-7-9-5-11(15-8(2)16)10-6-12(22(14,17)18)21-13(10)20-9/h3,6,9,11H,1,4-5,7H2,2H3,(H,15,16)(H2,14,17,18). The van der Waals surface area contributed by atoms with Gasteiger partial charge < -0.3 is 10.1 Å². The van der Waals surface area contributed by atoms with Crippen LogP contribution in [0.15, 0.2) is 27.1 Å². The molecule has 0 spiro atoms. The molecule has 6 nitrogen and oxygen atoms in total. The molecule has 1 aliphatic rings. The van der Waals surface area contributed by atoms with E-state index in [1.807, 2.05) is 0 Å². The number of nitrogens with two attached hydrogens (primary N) is 1. The first-order chi connectivity index (χ1) is 10.3. The van der Waals surface area contributed by atoms with E-state index in [4.69, 9.17) is 9.88 Å². The van der Waals surface area contributed by atoms with Gasteiger partial charge in [0, 0.05) is 17.7 Å². The van der Waals surface area contributed by atoms with Crippen LogP contribution in [0.3, 0.4) is 0 Å². The number of primary sulfonamides is 1. The molecular weight excluding hydrogens is 344 g/mol. The van der Waals surface area contributed by atoms with E-state index in [-0.39, 0.29) is 21.4 Å². The highest BCUT2D eigenvalue weighted by Gasteiger charge is 2.32. The third kappa shape index (κ3) is 4.32. The van der Waals surface area contributed by atoms with Gasteiger partial charge in [-0.3, -0.25) is 4.79 Å². The number of sulfonamides is 1. The average molecular weight is 362 g/mol. The molecule has 0 bridgehead atoms. The average Bonchev–Trinajstić information content (AvgIpc) is 2.82. The SMILES string of the molecule is C=CCOCC1CC(NC(C)=O)c2cc(S(N)(=O)=O)sc2S1. The van der Waals surface area contributed by atoms with E-state index in [0.717, 1.165) is 21.1 Å². The van der Waals surface area contributed by atoms with Gasteiger partial charge >= 0.3 is 0 Å². The van der Waals surface area contributed by atoms with Crippen molar-refractivity contribution >= 4 is 39.0 Å². The van der Waals surface area contributed by atoms with Crippen LogP contribution in [-0.2, 0) is 19.6 Å². The van der Waals surface area contributed by atoms with Gasteiger partial charge in [-0.25, -0.2) is 13.6 Å². The Morgan fingerprint density at radius 3 is 2.95 bits per heavy atom. The highest BCUT2D eigenvalue weighted by atomic mass is 32.3. The van der Waals surface area contributed by atoms with Crippen LogP contribution in [-0.4, -0.2) is 32.8 Å². The number of thiophene rings is 1. The quantitative estimate of drug-likeness (QED) is 0.592. The molecule has 1 aromatic heterocycles. The van der Waals surface area contributed by atoms with E-state index in [9.17, 15) is 13.2 Å². The van der Waals surface area contributed by atoms with E-state index in [1.54, 1.807) is 23.9 Å². The molecule has 0 saturated carbocycles. The summed E-state index contributed by atoms with van der Waals surface area (Å²) in [4.78, 5) is 11.4. The Kier molecular flexibility index (Phi) is 5.67. The number of amides is 1. The van der Waals surface area contributed by atoms with Crippen molar-refractivity contribution in [2.75, 3.05) is 13.2 Å². The Balaban J connectivity index is 2.25. The molecule has 3 N–H and O–H groups in total. The molecule has 0 radical (unpaired) electrons. The van der Waals surface area contributed by atoms with Crippen molar-refractivity contribution in [1.29, 1.82) is 0 Å². The molecule has 22 heavy (non-hydrogen) atoms. The maximum atomic E-state index is 11.5. The van der Waals surface area contributed by atoms with E-state index in [1.165, 1.54) is 6.92 Å². The number of rotatable bonds is 6. The van der Waals surface area contributed by atoms with E-state index < -0.39 is 10.0 Å². The van der Waals surface area contributed by atoms with Crippen LogP contribution in [0.25, 0.3) is 0 Å². The second kappa shape index (κ2) is 7.14. The summed E-state index contributed by atoms with van der Waals surface area (Å²) in [7, 11) is -3.74. The highest BCUT2D eigenvalue weighted by Crippen LogP contribution is 2.46. The number of ether oxygens (including phenoxy) is 1. The maximum Gasteiger partial charge on any atom is 0.247 e. The zero-order chi connectivity index (χ0) is 16.3. The van der Waals surface area contributed by atoms with Crippen LogP contribution in [0.1, 0.15) is 24.9 Å². The first kappa shape index (κ1) is 17.5. The van der Waals surface area contributed by atoms with Crippen molar-refractivity contribution < 1.29 is 17.9 Å². The first-order valence-corrected chi connectivity index (χ1v) is 9.84. The van der Waals surface area contributed by atoms with Crippen molar-refractivity contribution in [2.45, 2.75) is 33.1 Å². The molecule has 1 aromatic rings. The summed E-state index contributed by atoms with van der Waals surface area (Å²) in [6, 6.07) is 1.34. The molecular formula is C13H18N2O4S3. The third-order valence-electron chi connectivity index (χ3n) is 3.05. The molecule has 0 aromatic carbocycles. The lowest BCUT2D eigenvalue weighted by molar-refractivity contribution is -0.119. The molecule has 1 amide bonds. The lowest BCUT2D eigenvalue weighted by Crippen LogP contribution is -2.32. The molecule has 0 saturated heterocycles. The Labute approximate surface area is 138 Å². The van der Waals surface area contributed by atoms with Crippen LogP contribution < -0.4 is 10.5 Å². The number of hydrogen-bond donors (Lipinski definition) is 2. The summed E-state index contributed by atoms with van der Waals surface area (Å²) in [5, 5.41) is 8.20. The van der Waals surface area contributed by atoms with Crippen LogP contribution in [0.2, 0.25) is 0 Å². The molecule has 1 aliphatic heterocycles. The summed E-state index contributed by atoms with van der Waals surface area (Å²) in [5.41, 5.74) is 0.814. The molecule has 122 valence electrons. The van der Waals surface area contributed by atoms with Crippen molar-refractivity contribution in [3.8, 4) is 0 Å². The Morgan fingerprint density at radius 1 is 1.64 bits per heavy atom. The molecule has 0 fully saturated rings. The van der Waals surface area contributed by atoms with Gasteiger partial charge in [0.15, 0.2) is 0 Å². The van der Waals surface area contributed by atoms with Gasteiger partial charge in [-0.1, -0.05) is 6.08 Å². The van der Waals surface area contributed by atoms with Gasteiger partial charge in [0.25, 0.3) is 0 Å². The zero-order valence-electron chi connectivity index (χ0n) is 12.1. The van der Waals surface area contributed by atoms with Gasteiger partial charge in [-0.15, -0.1) is 29.7 Å². The van der Waals surface area contributed by atoms with E-state index in [2.05, 4.69) is 11.9 Å². The molecule has 2 heterocycles. The predicted octanol–water partition coefficient (Wildman–Crippen LogP) is 1.64. The van der Waals surface area contributed by atoms with Crippen molar-refractivity contribution in [3.05, 3.63) is 24.3 Å². The predicted molar refractivity (Wildman–Crippen MR) is 87.5 cm³/mol. The van der Waals surface area contributed by atoms with Gasteiger partial charge in [0.2, 0.25) is 15.9 Å². The fraction of sp³-hybridized carbons (Fsp3) is 0.462. The minimum absolute atomic E-state index is 0.119. The second-order valence-corrected chi connectivity index (χ2v) is 9.32. The second-order valence-electron chi connectivity index (χ2n) is 4.91. The van der Waals surface area contributed by atoms with E-state index in [0.29, 0.717) is 19.6 Å². The normalized spacial score (nSPS) is 21.2. The first-order valence-electron chi connectivity index (χ1n) is 6.60. The monoisotopic (exact) mass is 362 g/mol. The number of carbonyl (C=O) groups excluding carboxylic acids is 1. The third-order valence-corrected chi connectivity index (χ3v) is 7.06. The lowest BCUT2D eigenvalue weighted by Gasteiger charge is -2.29. The maximum absolute atomic E-state index is 11.5. The van der Waals surface area contributed by atoms with Crippen LogP contribution in [0.4, 0.5) is 0 Å². The Bertz CT molecular complexity index is 669. The number of nitrogens with one attached hydrogen (secondary N) is 1. The smallest absolute Gasteiger partial charge is 0.247 e. The fourth-order valence-electron chi connectivity index (χ4n) is 2.20. The van der Waals surface area contributed by atoms with Gasteiger partial charge in [0.05, 0.1) is 23.5 Å². The fourth-order valence-corrected chi connectivity index (χ4v) is 6.01. The van der Waals surface area contributed by atoms with Gasteiger partial charge in [-0.2, -0.15) is 0 Å². The van der Waals surface area contributed by atoms with E-state index >= 15 is 0 Å². The van der Waals surface area contributed by atoms with Crippen molar-refractivity contribution in [3.63, 3.8) is 0 Å². The van der Waals surface area contributed by atoms with Crippen LogP contribution >= 0.6 is 23.1 Å². The number of fused-ring (bicyclic) bond motifs is 1. The molecule has 2 rings (SSSR count). The molecule has 2 unspecified atom stereocenters. The zero-order valence-corrected chi connectivity index (χ0v) is 14.5. The Morgan fingerprint density at radius 2 is 2.36 bits per heavy atom. The van der Waals surface area contributed by atoms with Crippen LogP contribution in [0, 0.1) is 0 Å². The molecule has 9 heteroatoms. The van der Waals surface area contributed by atoms with Gasteiger partial charge in [0.1, 0.15) is 4.21 Å². The lowest BCUT2D eigenvalue weighted by atomic mass is 10.0. The largest absolute Gasteiger partial charge is 0.376 e. The number of hydrogen-bond acceptors (Lipinski definition) is 6. The van der Waals surface area contributed by atoms with Crippen molar-refractivity contribution in [2.24, 2.45) is 5.14 Å². The summed E-state index contributed by atoms with van der Waals surface area (Å²) < 4.78 is 29.5. The molecule has 0 aliphatic carbocycles. The highest BCUT2D eigenvalue weighted by molar-refractivity contribution is 8.02. The summed E-state index contributed by atoms with van der Waals surface area (Å²) in [6.07, 6.45) is 2.35. The minimum Gasteiger partial charge on any atom is -0.376 e. The number of thioether (sulfide) groups is 1. The molecule has 2 atom stereocenters. The summed E-state index contributed by atoms with van der Waals surface area (Å²) in [6.45, 7) is 6.01. The van der Waals surface area contributed by atoms with Crippen molar-refractivity contribution in [1.82, 2.24) is 5.32 Å². The Hall–Kier alpha value is -0.870. The summed E-state index contributed by atoms with van der Waals surface area (Å²) >= 11 is 2.70. The van der Waals surface area contributed by atoms with Crippen LogP contribution in [0.5, 0.6) is 0 Å². The van der Waals surface area contributed by atoms with Gasteiger partial charge in [-0.05, 0) is 12.5 Å². The number of carbonyl (C=O) groups is 1. The minimum atomic E-state index is -3.74.